The molecule has 0 N–H and O–H groups in total. The summed E-state index contributed by atoms with van der Waals surface area (Å²) in [6, 6.07) is 0. The molecule has 5 heteroatoms. The van der Waals surface area contributed by atoms with E-state index in [4.69, 9.17) is 14.2 Å². The molecule has 1 aliphatic heterocycles. The van der Waals surface area contributed by atoms with Crippen LogP contribution in [0.2, 0.25) is 0 Å². The van der Waals surface area contributed by atoms with Crippen LogP contribution < -0.4 is 0 Å². The molecule has 4 aliphatic rings. The number of methoxy groups -OCH3 is 1. The third kappa shape index (κ3) is 1.23. The molecule has 0 radical (unpaired) electrons. The lowest BCUT2D eigenvalue weighted by atomic mass is 9.60. The molecule has 0 unspecified atom stereocenters. The molecule has 0 aromatic carbocycles. The molecular formula is C13H16O5. The van der Waals surface area contributed by atoms with Crippen molar-refractivity contribution in [2.45, 2.75) is 19.6 Å². The van der Waals surface area contributed by atoms with Gasteiger partial charge in [0.25, 0.3) is 0 Å². The topological polar surface area (TPSA) is 61.8 Å². The van der Waals surface area contributed by atoms with Crippen molar-refractivity contribution < 1.29 is 23.8 Å². The monoisotopic (exact) mass is 252 g/mol. The van der Waals surface area contributed by atoms with E-state index in [0.717, 1.165) is 0 Å². The van der Waals surface area contributed by atoms with Gasteiger partial charge in [-0.1, -0.05) is 6.92 Å². The summed E-state index contributed by atoms with van der Waals surface area (Å²) in [6.45, 7) is 3.87. The van der Waals surface area contributed by atoms with Gasteiger partial charge in [-0.2, -0.15) is 0 Å². The standard InChI is InChI=1S/C13H16O5/c1-6-8-4-10(18-7(2)14)11-9(6)5-17-13(11,16-3)12(8)15/h4,6,8-9,11H,5H2,1-3H3/t6-,8+,9+,11+,13+/m0/s1. The van der Waals surface area contributed by atoms with Gasteiger partial charge in [-0.15, -0.1) is 0 Å². The fraction of sp³-hybridized carbons (Fsp3) is 0.692. The van der Waals surface area contributed by atoms with Crippen molar-refractivity contribution in [3.63, 3.8) is 0 Å². The summed E-state index contributed by atoms with van der Waals surface area (Å²) < 4.78 is 16.2. The maximum atomic E-state index is 12.4. The lowest BCUT2D eigenvalue weighted by Crippen LogP contribution is -2.59. The minimum absolute atomic E-state index is 0.0489. The Morgan fingerprint density at radius 2 is 2.28 bits per heavy atom. The minimum atomic E-state index is -1.23. The highest BCUT2D eigenvalue weighted by atomic mass is 16.7. The van der Waals surface area contributed by atoms with E-state index in [2.05, 4.69) is 0 Å². The van der Waals surface area contributed by atoms with Crippen LogP contribution in [0.5, 0.6) is 0 Å². The molecule has 4 bridgehead atoms. The summed E-state index contributed by atoms with van der Waals surface area (Å²) in [7, 11) is 1.47. The van der Waals surface area contributed by atoms with Crippen LogP contribution in [0.3, 0.4) is 0 Å². The molecule has 0 aromatic rings. The highest BCUT2D eigenvalue weighted by Gasteiger charge is 2.68. The minimum Gasteiger partial charge on any atom is -0.431 e. The van der Waals surface area contributed by atoms with E-state index in [-0.39, 0.29) is 35.4 Å². The van der Waals surface area contributed by atoms with Gasteiger partial charge >= 0.3 is 5.97 Å². The molecule has 4 rings (SSSR count). The molecular weight excluding hydrogens is 236 g/mol. The highest BCUT2D eigenvalue weighted by molar-refractivity contribution is 5.93. The number of hydrogen-bond acceptors (Lipinski definition) is 5. The Hall–Kier alpha value is -1.20. The maximum absolute atomic E-state index is 12.4. The number of rotatable bonds is 2. The first kappa shape index (κ1) is 11.9. The third-order valence-corrected chi connectivity index (χ3v) is 4.43. The summed E-state index contributed by atoms with van der Waals surface area (Å²) in [5.74, 6) is -1.32. The molecule has 3 aliphatic carbocycles. The highest BCUT2D eigenvalue weighted by Crippen LogP contribution is 2.57. The van der Waals surface area contributed by atoms with Gasteiger partial charge in [0.1, 0.15) is 5.76 Å². The van der Waals surface area contributed by atoms with E-state index < -0.39 is 5.79 Å². The Bertz CT molecular complexity index is 454. The number of allylic oxidation sites excluding steroid dienone is 1. The zero-order chi connectivity index (χ0) is 13.1. The Morgan fingerprint density at radius 1 is 1.56 bits per heavy atom. The van der Waals surface area contributed by atoms with Crippen molar-refractivity contribution in [3.8, 4) is 0 Å². The van der Waals surface area contributed by atoms with Crippen LogP contribution in [0, 0.1) is 23.7 Å². The van der Waals surface area contributed by atoms with Gasteiger partial charge in [0.05, 0.1) is 12.5 Å². The van der Waals surface area contributed by atoms with Crippen molar-refractivity contribution in [2.75, 3.05) is 13.7 Å². The van der Waals surface area contributed by atoms with Crippen LogP contribution in [0.15, 0.2) is 11.8 Å². The van der Waals surface area contributed by atoms with Crippen LogP contribution in [-0.2, 0) is 23.8 Å². The van der Waals surface area contributed by atoms with Crippen molar-refractivity contribution in [1.29, 1.82) is 0 Å². The Balaban J connectivity index is 2.08. The largest absolute Gasteiger partial charge is 0.431 e. The van der Waals surface area contributed by atoms with E-state index in [1.165, 1.54) is 14.0 Å². The number of hydrogen-bond donors (Lipinski definition) is 0. The molecule has 1 saturated heterocycles. The lowest BCUT2D eigenvalue weighted by molar-refractivity contribution is -0.223. The van der Waals surface area contributed by atoms with Crippen LogP contribution >= 0.6 is 0 Å². The number of ketones is 1. The van der Waals surface area contributed by atoms with Gasteiger partial charge in [0.15, 0.2) is 5.78 Å². The molecule has 0 amide bonds. The molecule has 18 heavy (non-hydrogen) atoms. The second-order valence-electron chi connectivity index (χ2n) is 5.24. The smallest absolute Gasteiger partial charge is 0.307 e. The van der Waals surface area contributed by atoms with Crippen LogP contribution in [0.25, 0.3) is 0 Å². The average Bonchev–Trinajstić information content (AvgIpc) is 2.69. The number of ether oxygens (including phenoxy) is 3. The van der Waals surface area contributed by atoms with E-state index in [1.54, 1.807) is 6.08 Å². The van der Waals surface area contributed by atoms with Gasteiger partial charge in [-0.05, 0) is 12.0 Å². The van der Waals surface area contributed by atoms with Crippen molar-refractivity contribution in [3.05, 3.63) is 11.8 Å². The SMILES string of the molecule is CO[C@@]12OC[C@@H]3[C@@H](C)[C@@H](C=C(OC(C)=O)[C@@H]31)C2=O. The van der Waals surface area contributed by atoms with E-state index in [9.17, 15) is 9.59 Å². The molecule has 5 atom stereocenters. The van der Waals surface area contributed by atoms with E-state index in [0.29, 0.717) is 12.4 Å². The van der Waals surface area contributed by atoms with E-state index in [1.807, 2.05) is 6.92 Å². The Morgan fingerprint density at radius 3 is 2.89 bits per heavy atom. The lowest BCUT2D eigenvalue weighted by Gasteiger charge is -2.46. The molecule has 1 saturated carbocycles. The molecule has 2 fully saturated rings. The summed E-state index contributed by atoms with van der Waals surface area (Å²) in [4.78, 5) is 23.6. The Labute approximate surface area is 105 Å². The summed E-state index contributed by atoms with van der Waals surface area (Å²) in [6.07, 6.45) is 1.77. The zero-order valence-electron chi connectivity index (χ0n) is 10.6. The van der Waals surface area contributed by atoms with Crippen molar-refractivity contribution in [2.24, 2.45) is 23.7 Å². The van der Waals surface area contributed by atoms with Gasteiger partial charge in [-0.3, -0.25) is 9.59 Å². The first-order valence-corrected chi connectivity index (χ1v) is 6.15. The molecule has 0 aromatic heterocycles. The quantitative estimate of drug-likeness (QED) is 0.683. The second-order valence-corrected chi connectivity index (χ2v) is 5.24. The predicted octanol–water partition coefficient (Wildman–Crippen LogP) is 0.887. The fourth-order valence-corrected chi connectivity index (χ4v) is 3.56. The normalized spacial score (nSPS) is 45.1. The first-order valence-electron chi connectivity index (χ1n) is 6.15. The molecule has 0 spiro atoms. The van der Waals surface area contributed by atoms with Gasteiger partial charge in [0.2, 0.25) is 5.79 Å². The fourth-order valence-electron chi connectivity index (χ4n) is 3.56. The zero-order valence-corrected chi connectivity index (χ0v) is 10.6. The summed E-state index contributed by atoms with van der Waals surface area (Å²) >= 11 is 0. The van der Waals surface area contributed by atoms with Crippen LogP contribution in [-0.4, -0.2) is 31.3 Å². The number of carbonyl (C=O) groups excluding carboxylic acids is 2. The third-order valence-electron chi connectivity index (χ3n) is 4.43. The molecule has 98 valence electrons. The summed E-state index contributed by atoms with van der Waals surface area (Å²) in [5, 5.41) is 0. The number of carbonyl (C=O) groups is 2. The Kier molecular flexibility index (Phi) is 2.40. The molecule has 1 heterocycles. The van der Waals surface area contributed by atoms with Gasteiger partial charge in [-0.25, -0.2) is 0 Å². The number of esters is 1. The van der Waals surface area contributed by atoms with Crippen molar-refractivity contribution >= 4 is 11.8 Å². The van der Waals surface area contributed by atoms with Crippen molar-refractivity contribution in [1.82, 2.24) is 0 Å². The predicted molar refractivity (Wildman–Crippen MR) is 60.2 cm³/mol. The maximum Gasteiger partial charge on any atom is 0.307 e. The van der Waals surface area contributed by atoms with Gasteiger partial charge < -0.3 is 14.2 Å². The number of Topliss-reactive ketones (excluding diaryl/α,β-unsaturated/α-hetero) is 1. The molecule has 5 nitrogen and oxygen atoms in total. The first-order chi connectivity index (χ1) is 8.51. The summed E-state index contributed by atoms with van der Waals surface area (Å²) in [5.41, 5.74) is 0. The van der Waals surface area contributed by atoms with Crippen LogP contribution in [0.1, 0.15) is 13.8 Å². The van der Waals surface area contributed by atoms with E-state index >= 15 is 0 Å². The second kappa shape index (κ2) is 3.65. The van der Waals surface area contributed by atoms with Crippen LogP contribution in [0.4, 0.5) is 0 Å². The average molecular weight is 252 g/mol. The van der Waals surface area contributed by atoms with Gasteiger partial charge in [0, 0.05) is 25.9 Å².